The molecule has 1 aromatic heterocycles. The molecule has 0 aliphatic rings. The largest absolute Gasteiger partial charge is 0.466 e. The van der Waals surface area contributed by atoms with Gasteiger partial charge in [-0.1, -0.05) is 12.1 Å². The van der Waals surface area contributed by atoms with Crippen molar-refractivity contribution in [2.45, 2.75) is 19.8 Å². The van der Waals surface area contributed by atoms with Gasteiger partial charge < -0.3 is 10.1 Å². The second-order valence-corrected chi connectivity index (χ2v) is 6.59. The maximum Gasteiger partial charge on any atom is 0.302 e. The van der Waals surface area contributed by atoms with E-state index >= 15 is 0 Å². The zero-order valence-electron chi connectivity index (χ0n) is 13.8. The van der Waals surface area contributed by atoms with Gasteiger partial charge in [-0.2, -0.15) is 0 Å². The van der Waals surface area contributed by atoms with Crippen molar-refractivity contribution in [3.05, 3.63) is 48.5 Å². The maximum atomic E-state index is 11.9. The number of esters is 1. The van der Waals surface area contributed by atoms with E-state index in [4.69, 9.17) is 4.74 Å². The first-order valence-corrected chi connectivity index (χ1v) is 8.83. The molecule has 0 aliphatic heterocycles. The highest BCUT2D eigenvalue weighted by Crippen LogP contribution is 2.30. The number of nitrogens with zero attached hydrogens (tertiary/aromatic N) is 1. The van der Waals surface area contributed by atoms with Gasteiger partial charge in [0.05, 0.1) is 16.8 Å². The van der Waals surface area contributed by atoms with Crippen LogP contribution in [0.3, 0.4) is 0 Å². The summed E-state index contributed by atoms with van der Waals surface area (Å²) in [7, 11) is 0. The minimum atomic E-state index is -0.328. The van der Waals surface area contributed by atoms with E-state index in [0.29, 0.717) is 12.8 Å². The van der Waals surface area contributed by atoms with Crippen LogP contribution in [0.2, 0.25) is 0 Å². The molecule has 0 bridgehead atoms. The van der Waals surface area contributed by atoms with Gasteiger partial charge in [0.1, 0.15) is 5.01 Å². The maximum absolute atomic E-state index is 11.9. The molecule has 25 heavy (non-hydrogen) atoms. The van der Waals surface area contributed by atoms with Crippen molar-refractivity contribution in [3.63, 3.8) is 0 Å². The summed E-state index contributed by atoms with van der Waals surface area (Å²) in [6.45, 7) is 1.62. The van der Waals surface area contributed by atoms with E-state index in [0.717, 1.165) is 26.5 Å². The van der Waals surface area contributed by atoms with Crippen LogP contribution in [0.15, 0.2) is 48.5 Å². The van der Waals surface area contributed by atoms with Gasteiger partial charge in [-0.15, -0.1) is 11.3 Å². The summed E-state index contributed by atoms with van der Waals surface area (Å²) in [5, 5.41) is 3.80. The Labute approximate surface area is 149 Å². The second kappa shape index (κ2) is 7.90. The predicted octanol–water partition coefficient (Wildman–Crippen LogP) is 4.25. The number of amides is 1. The second-order valence-electron chi connectivity index (χ2n) is 5.56. The predicted molar refractivity (Wildman–Crippen MR) is 99.6 cm³/mol. The third-order valence-electron chi connectivity index (χ3n) is 3.56. The minimum Gasteiger partial charge on any atom is -0.466 e. The number of benzene rings is 2. The Bertz CT molecular complexity index is 854. The van der Waals surface area contributed by atoms with Gasteiger partial charge in [-0.05, 0) is 42.8 Å². The zero-order chi connectivity index (χ0) is 17.6. The molecule has 5 nitrogen and oxygen atoms in total. The topological polar surface area (TPSA) is 68.3 Å². The van der Waals surface area contributed by atoms with Crippen molar-refractivity contribution in [3.8, 4) is 10.6 Å². The molecule has 1 heterocycles. The molecule has 0 atom stereocenters. The molecule has 3 aromatic rings. The molecule has 0 aliphatic carbocycles. The molecule has 1 N–H and O–H groups in total. The molecule has 0 spiro atoms. The Hall–Kier alpha value is -2.73. The SMILES string of the molecule is CC(=O)OCCCC(=O)Nc1ccc(-c2nc3ccccc3s2)cc1. The third kappa shape index (κ3) is 4.64. The molecule has 0 radical (unpaired) electrons. The van der Waals surface area contributed by atoms with Crippen LogP contribution in [0, 0.1) is 0 Å². The van der Waals surface area contributed by atoms with Crippen molar-refractivity contribution in [2.75, 3.05) is 11.9 Å². The lowest BCUT2D eigenvalue weighted by Crippen LogP contribution is -2.12. The standard InChI is InChI=1S/C19H18N2O3S/c1-13(22)24-12-4-7-18(23)20-15-10-8-14(9-11-15)19-21-16-5-2-3-6-17(16)25-19/h2-3,5-6,8-11H,4,7,12H2,1H3,(H,20,23). The van der Waals surface area contributed by atoms with E-state index in [1.54, 1.807) is 11.3 Å². The first-order valence-electron chi connectivity index (χ1n) is 8.01. The summed E-state index contributed by atoms with van der Waals surface area (Å²) >= 11 is 1.65. The highest BCUT2D eigenvalue weighted by atomic mass is 32.1. The molecule has 128 valence electrons. The lowest BCUT2D eigenvalue weighted by Gasteiger charge is -2.06. The lowest BCUT2D eigenvalue weighted by atomic mass is 10.2. The molecule has 0 saturated heterocycles. The van der Waals surface area contributed by atoms with Crippen LogP contribution in [0.25, 0.3) is 20.8 Å². The van der Waals surface area contributed by atoms with Crippen molar-refractivity contribution >= 4 is 39.1 Å². The number of carbonyl (C=O) groups excluding carboxylic acids is 2. The highest BCUT2D eigenvalue weighted by Gasteiger charge is 2.07. The number of ether oxygens (including phenoxy) is 1. The first kappa shape index (κ1) is 17.1. The number of hydrogen-bond acceptors (Lipinski definition) is 5. The fourth-order valence-corrected chi connectivity index (χ4v) is 3.34. The van der Waals surface area contributed by atoms with E-state index in [-0.39, 0.29) is 18.5 Å². The van der Waals surface area contributed by atoms with Gasteiger partial charge in [0.15, 0.2) is 0 Å². The summed E-state index contributed by atoms with van der Waals surface area (Å²) in [6, 6.07) is 15.7. The van der Waals surface area contributed by atoms with Crippen LogP contribution in [0.4, 0.5) is 5.69 Å². The van der Waals surface area contributed by atoms with Crippen molar-refractivity contribution < 1.29 is 14.3 Å². The fourth-order valence-electron chi connectivity index (χ4n) is 2.36. The quantitative estimate of drug-likeness (QED) is 0.531. The molecular formula is C19H18N2O3S. The summed E-state index contributed by atoms with van der Waals surface area (Å²) in [6.07, 6.45) is 0.822. The summed E-state index contributed by atoms with van der Waals surface area (Å²) in [5.41, 5.74) is 2.75. The number of anilines is 1. The number of para-hydroxylation sites is 1. The van der Waals surface area contributed by atoms with Gasteiger partial charge in [-0.3, -0.25) is 9.59 Å². The minimum absolute atomic E-state index is 0.0973. The van der Waals surface area contributed by atoms with E-state index < -0.39 is 0 Å². The molecule has 2 aromatic carbocycles. The van der Waals surface area contributed by atoms with Crippen LogP contribution in [-0.4, -0.2) is 23.5 Å². The molecule has 6 heteroatoms. The van der Waals surface area contributed by atoms with E-state index in [1.807, 2.05) is 42.5 Å². The van der Waals surface area contributed by atoms with E-state index in [2.05, 4.69) is 16.4 Å². The smallest absolute Gasteiger partial charge is 0.302 e. The molecular weight excluding hydrogens is 336 g/mol. The van der Waals surface area contributed by atoms with Crippen molar-refractivity contribution in [2.24, 2.45) is 0 Å². The normalized spacial score (nSPS) is 10.6. The van der Waals surface area contributed by atoms with Crippen molar-refractivity contribution in [1.82, 2.24) is 4.98 Å². The molecule has 0 saturated carbocycles. The monoisotopic (exact) mass is 354 g/mol. The van der Waals surface area contributed by atoms with Crippen molar-refractivity contribution in [1.29, 1.82) is 0 Å². The number of fused-ring (bicyclic) bond motifs is 1. The molecule has 1 amide bonds. The fraction of sp³-hybridized carbons (Fsp3) is 0.211. The van der Waals surface area contributed by atoms with Crippen LogP contribution >= 0.6 is 11.3 Å². The van der Waals surface area contributed by atoms with Crippen LogP contribution in [-0.2, 0) is 14.3 Å². The summed E-state index contributed by atoms with van der Waals surface area (Å²) in [4.78, 5) is 27.2. The zero-order valence-corrected chi connectivity index (χ0v) is 14.6. The van der Waals surface area contributed by atoms with E-state index in [1.165, 1.54) is 6.92 Å². The van der Waals surface area contributed by atoms with Gasteiger partial charge in [0, 0.05) is 24.6 Å². The van der Waals surface area contributed by atoms with Crippen LogP contribution < -0.4 is 5.32 Å². The Morgan fingerprint density at radius 1 is 1.12 bits per heavy atom. The Morgan fingerprint density at radius 3 is 2.60 bits per heavy atom. The number of hydrogen-bond donors (Lipinski definition) is 1. The average Bonchev–Trinajstić information content (AvgIpc) is 3.03. The molecule has 3 rings (SSSR count). The van der Waals surface area contributed by atoms with Gasteiger partial charge in [0.2, 0.25) is 5.91 Å². The number of rotatable bonds is 6. The van der Waals surface area contributed by atoms with Gasteiger partial charge in [0.25, 0.3) is 0 Å². The summed E-state index contributed by atoms with van der Waals surface area (Å²) in [5.74, 6) is -0.425. The van der Waals surface area contributed by atoms with E-state index in [9.17, 15) is 9.59 Å². The van der Waals surface area contributed by atoms with Crippen LogP contribution in [0.1, 0.15) is 19.8 Å². The van der Waals surface area contributed by atoms with Crippen LogP contribution in [0.5, 0.6) is 0 Å². The number of nitrogens with one attached hydrogen (secondary N) is 1. The number of carbonyl (C=O) groups is 2. The Morgan fingerprint density at radius 2 is 1.88 bits per heavy atom. The number of thiazole rings is 1. The molecule has 0 fully saturated rings. The first-order chi connectivity index (χ1) is 12.1. The Kier molecular flexibility index (Phi) is 5.40. The summed E-state index contributed by atoms with van der Waals surface area (Å²) < 4.78 is 5.96. The third-order valence-corrected chi connectivity index (χ3v) is 4.65. The Balaban J connectivity index is 1.58. The highest BCUT2D eigenvalue weighted by molar-refractivity contribution is 7.21. The van der Waals surface area contributed by atoms with Gasteiger partial charge in [-0.25, -0.2) is 4.98 Å². The lowest BCUT2D eigenvalue weighted by molar-refractivity contribution is -0.141. The molecule has 0 unspecified atom stereocenters. The van der Waals surface area contributed by atoms with Gasteiger partial charge >= 0.3 is 5.97 Å². The average molecular weight is 354 g/mol. The number of aromatic nitrogens is 1.